The van der Waals surface area contributed by atoms with Crippen LogP contribution in [0.25, 0.3) is 0 Å². The molecule has 1 aliphatic rings. The van der Waals surface area contributed by atoms with E-state index in [2.05, 4.69) is 9.88 Å². The first-order chi connectivity index (χ1) is 7.33. The van der Waals surface area contributed by atoms with Gasteiger partial charge in [0.25, 0.3) is 0 Å². The Morgan fingerprint density at radius 2 is 2.53 bits per heavy atom. The van der Waals surface area contributed by atoms with Gasteiger partial charge < -0.3 is 9.64 Å². The minimum Gasteiger partial charge on any atom is -0.467 e. The molecule has 0 unspecified atom stereocenters. The number of ether oxygens (including phenoxy) is 1. The van der Waals surface area contributed by atoms with Crippen molar-refractivity contribution in [1.29, 1.82) is 0 Å². The minimum absolute atomic E-state index is 0.140. The lowest BCUT2D eigenvalue weighted by Gasteiger charge is -2.24. The fraction of sp³-hybridized carbons (Fsp3) is 0.455. The average molecular weight is 206 g/mol. The van der Waals surface area contributed by atoms with Gasteiger partial charge >= 0.3 is 5.97 Å². The molecule has 0 N–H and O–H groups in total. The van der Waals surface area contributed by atoms with Crippen LogP contribution >= 0.6 is 0 Å². The molecular formula is C11H14N2O2. The summed E-state index contributed by atoms with van der Waals surface area (Å²) >= 11 is 0. The van der Waals surface area contributed by atoms with Gasteiger partial charge in [-0.1, -0.05) is 0 Å². The van der Waals surface area contributed by atoms with Crippen molar-refractivity contribution in [3.05, 3.63) is 24.5 Å². The summed E-state index contributed by atoms with van der Waals surface area (Å²) in [6.07, 6.45) is 5.39. The van der Waals surface area contributed by atoms with Crippen LogP contribution in [0, 0.1) is 0 Å². The van der Waals surface area contributed by atoms with E-state index in [0.29, 0.717) is 0 Å². The molecule has 1 atom stereocenters. The highest BCUT2D eigenvalue weighted by Gasteiger charge is 2.31. The van der Waals surface area contributed by atoms with Crippen molar-refractivity contribution >= 4 is 11.7 Å². The van der Waals surface area contributed by atoms with Crippen molar-refractivity contribution in [3.63, 3.8) is 0 Å². The molecule has 0 aliphatic carbocycles. The van der Waals surface area contributed by atoms with Gasteiger partial charge in [-0.15, -0.1) is 0 Å². The van der Waals surface area contributed by atoms with Crippen LogP contribution in [0.15, 0.2) is 24.5 Å². The van der Waals surface area contributed by atoms with Crippen LogP contribution < -0.4 is 4.90 Å². The molecule has 0 spiro atoms. The summed E-state index contributed by atoms with van der Waals surface area (Å²) in [5.41, 5.74) is 0.991. The van der Waals surface area contributed by atoms with E-state index in [9.17, 15) is 4.79 Å². The zero-order valence-corrected chi connectivity index (χ0v) is 8.72. The SMILES string of the molecule is COC(=O)[C@H]1CCCN1c1cccnc1. The maximum absolute atomic E-state index is 11.5. The standard InChI is InChI=1S/C11H14N2O2/c1-15-11(14)10-5-3-7-13(10)9-4-2-6-12-8-9/h2,4,6,8,10H,3,5,7H2,1H3/t10-/m1/s1. The van der Waals surface area contributed by atoms with E-state index in [1.807, 2.05) is 12.1 Å². The fourth-order valence-corrected chi connectivity index (χ4v) is 1.98. The number of nitrogens with zero attached hydrogens (tertiary/aromatic N) is 2. The van der Waals surface area contributed by atoms with Crippen molar-refractivity contribution in [2.45, 2.75) is 18.9 Å². The van der Waals surface area contributed by atoms with Crippen molar-refractivity contribution in [3.8, 4) is 0 Å². The number of methoxy groups -OCH3 is 1. The van der Waals surface area contributed by atoms with Crippen LogP contribution in [0.4, 0.5) is 5.69 Å². The van der Waals surface area contributed by atoms with Crippen LogP contribution in [0.5, 0.6) is 0 Å². The number of pyridine rings is 1. The number of esters is 1. The summed E-state index contributed by atoms with van der Waals surface area (Å²) in [7, 11) is 1.43. The zero-order chi connectivity index (χ0) is 10.7. The minimum atomic E-state index is -0.156. The maximum Gasteiger partial charge on any atom is 0.328 e. The lowest BCUT2D eigenvalue weighted by Crippen LogP contribution is -2.36. The molecule has 4 nitrogen and oxygen atoms in total. The molecule has 1 aromatic rings. The molecule has 0 aromatic carbocycles. The number of anilines is 1. The molecule has 1 saturated heterocycles. The summed E-state index contributed by atoms with van der Waals surface area (Å²) in [6, 6.07) is 3.70. The third-order valence-corrected chi connectivity index (χ3v) is 2.70. The number of hydrogen-bond donors (Lipinski definition) is 0. The molecule has 2 heterocycles. The molecule has 0 saturated carbocycles. The van der Waals surface area contributed by atoms with Crippen LogP contribution in [0.1, 0.15) is 12.8 Å². The smallest absolute Gasteiger partial charge is 0.328 e. The van der Waals surface area contributed by atoms with Gasteiger partial charge in [-0.05, 0) is 25.0 Å². The van der Waals surface area contributed by atoms with Gasteiger partial charge in [-0.25, -0.2) is 4.79 Å². The van der Waals surface area contributed by atoms with E-state index in [1.54, 1.807) is 12.4 Å². The van der Waals surface area contributed by atoms with E-state index < -0.39 is 0 Å². The van der Waals surface area contributed by atoms with Gasteiger partial charge in [0, 0.05) is 12.7 Å². The molecule has 4 heteroatoms. The van der Waals surface area contributed by atoms with Gasteiger partial charge in [-0.2, -0.15) is 0 Å². The number of hydrogen-bond acceptors (Lipinski definition) is 4. The Kier molecular flexibility index (Phi) is 2.85. The Morgan fingerprint density at radius 3 is 3.20 bits per heavy atom. The highest BCUT2D eigenvalue weighted by atomic mass is 16.5. The Morgan fingerprint density at radius 1 is 1.67 bits per heavy atom. The summed E-state index contributed by atoms with van der Waals surface area (Å²) in [5, 5.41) is 0. The second kappa shape index (κ2) is 4.29. The predicted octanol–water partition coefficient (Wildman–Crippen LogP) is 1.22. The van der Waals surface area contributed by atoms with E-state index in [-0.39, 0.29) is 12.0 Å². The zero-order valence-electron chi connectivity index (χ0n) is 8.72. The third-order valence-electron chi connectivity index (χ3n) is 2.70. The largest absolute Gasteiger partial charge is 0.467 e. The molecule has 1 aliphatic heterocycles. The highest BCUT2D eigenvalue weighted by Crippen LogP contribution is 2.25. The van der Waals surface area contributed by atoms with Crippen LogP contribution in [0.2, 0.25) is 0 Å². The molecule has 0 amide bonds. The topological polar surface area (TPSA) is 42.4 Å². The van der Waals surface area contributed by atoms with Crippen molar-refractivity contribution in [1.82, 2.24) is 4.98 Å². The Balaban J connectivity index is 2.18. The third kappa shape index (κ3) is 1.93. The number of rotatable bonds is 2. The molecule has 1 fully saturated rings. The first-order valence-corrected chi connectivity index (χ1v) is 5.07. The first kappa shape index (κ1) is 9.96. The molecular weight excluding hydrogens is 192 g/mol. The van der Waals surface area contributed by atoms with E-state index in [0.717, 1.165) is 25.1 Å². The predicted molar refractivity (Wildman–Crippen MR) is 56.6 cm³/mol. The Hall–Kier alpha value is -1.58. The van der Waals surface area contributed by atoms with Gasteiger partial charge in [-0.3, -0.25) is 4.98 Å². The lowest BCUT2D eigenvalue weighted by atomic mass is 10.2. The molecule has 80 valence electrons. The van der Waals surface area contributed by atoms with Crippen molar-refractivity contribution < 1.29 is 9.53 Å². The summed E-state index contributed by atoms with van der Waals surface area (Å²) in [4.78, 5) is 17.6. The van der Waals surface area contributed by atoms with Crippen LogP contribution in [0.3, 0.4) is 0 Å². The Bertz CT molecular complexity index is 340. The van der Waals surface area contributed by atoms with E-state index in [4.69, 9.17) is 4.74 Å². The molecule has 15 heavy (non-hydrogen) atoms. The fourth-order valence-electron chi connectivity index (χ4n) is 1.98. The first-order valence-electron chi connectivity index (χ1n) is 5.07. The second-order valence-corrected chi connectivity index (χ2v) is 3.59. The number of aromatic nitrogens is 1. The molecule has 0 radical (unpaired) electrons. The maximum atomic E-state index is 11.5. The quantitative estimate of drug-likeness (QED) is 0.682. The van der Waals surface area contributed by atoms with Gasteiger partial charge in [0.15, 0.2) is 0 Å². The van der Waals surface area contributed by atoms with Crippen LogP contribution in [-0.4, -0.2) is 30.6 Å². The van der Waals surface area contributed by atoms with Crippen molar-refractivity contribution in [2.24, 2.45) is 0 Å². The lowest BCUT2D eigenvalue weighted by molar-refractivity contribution is -0.141. The average Bonchev–Trinajstić information content (AvgIpc) is 2.78. The van der Waals surface area contributed by atoms with Gasteiger partial charge in [0.1, 0.15) is 6.04 Å². The molecule has 0 bridgehead atoms. The number of carbonyl (C=O) groups is 1. The molecule has 1 aromatic heterocycles. The van der Waals surface area contributed by atoms with Gasteiger partial charge in [0.05, 0.1) is 19.0 Å². The van der Waals surface area contributed by atoms with E-state index in [1.165, 1.54) is 7.11 Å². The summed E-state index contributed by atoms with van der Waals surface area (Å²) in [5.74, 6) is -0.156. The summed E-state index contributed by atoms with van der Waals surface area (Å²) in [6.45, 7) is 0.894. The van der Waals surface area contributed by atoms with Crippen LogP contribution in [-0.2, 0) is 9.53 Å². The highest BCUT2D eigenvalue weighted by molar-refractivity contribution is 5.80. The molecule has 2 rings (SSSR count). The normalized spacial score (nSPS) is 20.3. The Labute approximate surface area is 88.9 Å². The summed E-state index contributed by atoms with van der Waals surface area (Å²) < 4.78 is 4.78. The van der Waals surface area contributed by atoms with E-state index >= 15 is 0 Å². The number of carbonyl (C=O) groups excluding carboxylic acids is 1. The van der Waals surface area contributed by atoms with Crippen molar-refractivity contribution in [2.75, 3.05) is 18.6 Å². The second-order valence-electron chi connectivity index (χ2n) is 3.59. The monoisotopic (exact) mass is 206 g/mol. The van der Waals surface area contributed by atoms with Gasteiger partial charge in [0.2, 0.25) is 0 Å².